The van der Waals surface area contributed by atoms with Crippen LogP contribution in [0.4, 0.5) is 0 Å². The zero-order chi connectivity index (χ0) is 14.5. The van der Waals surface area contributed by atoms with Crippen LogP contribution in [0.3, 0.4) is 0 Å². The zero-order valence-electron chi connectivity index (χ0n) is 11.2. The third-order valence-corrected chi connectivity index (χ3v) is 4.93. The lowest BCUT2D eigenvalue weighted by molar-refractivity contribution is 0.395. The molecule has 0 aliphatic heterocycles. The molecule has 1 heterocycles. The molecule has 0 amide bonds. The van der Waals surface area contributed by atoms with Gasteiger partial charge in [0.25, 0.3) is 0 Å². The highest BCUT2D eigenvalue weighted by atomic mass is 32.2. The highest BCUT2D eigenvalue weighted by Crippen LogP contribution is 2.10. The first-order valence-corrected chi connectivity index (χ1v) is 7.61. The van der Waals surface area contributed by atoms with Crippen molar-refractivity contribution in [2.75, 3.05) is 12.8 Å². The Kier molecular flexibility index (Phi) is 5.44. The second-order valence-corrected chi connectivity index (χ2v) is 6.66. The molecule has 0 fully saturated rings. The molecule has 1 atom stereocenters. The number of nitrogens with two attached hydrogens (primary N) is 1. The van der Waals surface area contributed by atoms with Crippen molar-refractivity contribution in [3.8, 4) is 0 Å². The lowest BCUT2D eigenvalue weighted by atomic mass is 10.2. The summed E-state index contributed by atoms with van der Waals surface area (Å²) < 4.78 is 25.5. The Morgan fingerprint density at radius 2 is 2.05 bits per heavy atom. The Bertz CT molecular complexity index is 516. The van der Waals surface area contributed by atoms with Gasteiger partial charge in [-0.25, -0.2) is 12.7 Å². The molecule has 0 bridgehead atoms. The Balaban J connectivity index is 2.63. The Morgan fingerprint density at radius 3 is 2.58 bits per heavy atom. The molecule has 6 nitrogen and oxygen atoms in total. The molecule has 0 aromatic carbocycles. The number of aromatic nitrogens is 1. The van der Waals surface area contributed by atoms with Crippen LogP contribution in [0, 0.1) is 5.41 Å². The molecule has 0 aliphatic carbocycles. The van der Waals surface area contributed by atoms with Crippen molar-refractivity contribution < 1.29 is 8.42 Å². The first-order chi connectivity index (χ1) is 8.83. The molecule has 1 aromatic rings. The van der Waals surface area contributed by atoms with Gasteiger partial charge in [0.2, 0.25) is 10.0 Å². The van der Waals surface area contributed by atoms with Crippen molar-refractivity contribution in [1.29, 1.82) is 5.41 Å². The van der Waals surface area contributed by atoms with E-state index in [-0.39, 0.29) is 24.1 Å². The van der Waals surface area contributed by atoms with Crippen LogP contribution in [-0.4, -0.2) is 42.4 Å². The first kappa shape index (κ1) is 15.6. The van der Waals surface area contributed by atoms with Gasteiger partial charge in [-0.05, 0) is 31.0 Å². The number of hydrogen-bond acceptors (Lipinski definition) is 4. The van der Waals surface area contributed by atoms with Crippen LogP contribution in [0.15, 0.2) is 24.5 Å². The van der Waals surface area contributed by atoms with Gasteiger partial charge in [0.15, 0.2) is 0 Å². The smallest absolute Gasteiger partial charge is 0.214 e. The summed E-state index contributed by atoms with van der Waals surface area (Å²) in [5, 5.41) is 7.21. The van der Waals surface area contributed by atoms with E-state index < -0.39 is 10.0 Å². The molecule has 1 unspecified atom stereocenters. The number of rotatable bonds is 7. The van der Waals surface area contributed by atoms with Gasteiger partial charge in [0.1, 0.15) is 0 Å². The van der Waals surface area contributed by atoms with Crippen LogP contribution < -0.4 is 5.73 Å². The van der Waals surface area contributed by atoms with Gasteiger partial charge in [-0.3, -0.25) is 10.4 Å². The third-order valence-electron chi connectivity index (χ3n) is 2.97. The van der Waals surface area contributed by atoms with E-state index in [1.165, 1.54) is 11.4 Å². The average molecular weight is 284 g/mol. The van der Waals surface area contributed by atoms with Crippen LogP contribution in [0.2, 0.25) is 0 Å². The monoisotopic (exact) mass is 284 g/mol. The van der Waals surface area contributed by atoms with Crippen molar-refractivity contribution >= 4 is 15.9 Å². The van der Waals surface area contributed by atoms with E-state index in [1.807, 2.05) is 0 Å². The molecular weight excluding hydrogens is 264 g/mol. The maximum Gasteiger partial charge on any atom is 0.214 e. The Labute approximate surface area is 114 Å². The summed E-state index contributed by atoms with van der Waals surface area (Å²) in [7, 11) is -1.82. The van der Waals surface area contributed by atoms with Crippen molar-refractivity contribution in [2.24, 2.45) is 5.73 Å². The van der Waals surface area contributed by atoms with E-state index in [0.29, 0.717) is 6.42 Å². The molecule has 1 aromatic heterocycles. The third kappa shape index (κ3) is 4.96. The maximum atomic E-state index is 12.1. The summed E-state index contributed by atoms with van der Waals surface area (Å²) in [6, 6.07) is 3.29. The van der Waals surface area contributed by atoms with E-state index in [1.54, 1.807) is 31.5 Å². The first-order valence-electron chi connectivity index (χ1n) is 6.00. The van der Waals surface area contributed by atoms with E-state index in [2.05, 4.69) is 4.98 Å². The van der Waals surface area contributed by atoms with Crippen LogP contribution >= 0.6 is 0 Å². The summed E-state index contributed by atoms with van der Waals surface area (Å²) in [5.74, 6) is 0.0270. The van der Waals surface area contributed by atoms with Crippen molar-refractivity contribution in [3.63, 3.8) is 0 Å². The Hall–Kier alpha value is -1.47. The normalized spacial score (nSPS) is 13.4. The van der Waals surface area contributed by atoms with Crippen LogP contribution in [0.1, 0.15) is 18.9 Å². The fourth-order valence-corrected chi connectivity index (χ4v) is 3.07. The standard InChI is InChI=1S/C12H20N4O2S/c1-10(9-12(13)14)16(2)19(17,18)8-5-11-3-6-15-7-4-11/h3-4,6-7,10H,5,8-9H2,1-2H3,(H3,13,14). The van der Waals surface area contributed by atoms with E-state index in [9.17, 15) is 8.42 Å². The van der Waals surface area contributed by atoms with Crippen LogP contribution in [0.25, 0.3) is 0 Å². The van der Waals surface area contributed by atoms with Gasteiger partial charge < -0.3 is 5.73 Å². The number of hydrogen-bond donors (Lipinski definition) is 2. The molecule has 0 saturated carbocycles. The highest BCUT2D eigenvalue weighted by molar-refractivity contribution is 7.89. The number of nitrogens with one attached hydrogen (secondary N) is 1. The SMILES string of the molecule is CC(CC(=N)N)N(C)S(=O)(=O)CCc1ccncc1. The summed E-state index contributed by atoms with van der Waals surface area (Å²) in [6.07, 6.45) is 3.97. The number of sulfonamides is 1. The summed E-state index contributed by atoms with van der Waals surface area (Å²) in [6.45, 7) is 1.74. The topological polar surface area (TPSA) is 100 Å². The van der Waals surface area contributed by atoms with Crippen LogP contribution in [0.5, 0.6) is 0 Å². The minimum Gasteiger partial charge on any atom is -0.388 e. The molecule has 7 heteroatoms. The number of pyridine rings is 1. The van der Waals surface area contributed by atoms with E-state index in [4.69, 9.17) is 11.1 Å². The second-order valence-electron chi connectivity index (χ2n) is 4.52. The van der Waals surface area contributed by atoms with E-state index >= 15 is 0 Å². The van der Waals surface area contributed by atoms with Crippen molar-refractivity contribution in [3.05, 3.63) is 30.1 Å². The van der Waals surface area contributed by atoms with Gasteiger partial charge in [-0.15, -0.1) is 0 Å². The second kappa shape index (κ2) is 6.63. The zero-order valence-corrected chi connectivity index (χ0v) is 12.0. The number of amidine groups is 1. The molecule has 19 heavy (non-hydrogen) atoms. The molecular formula is C12H20N4O2S. The quantitative estimate of drug-likeness (QED) is 0.565. The maximum absolute atomic E-state index is 12.1. The molecule has 0 radical (unpaired) electrons. The lowest BCUT2D eigenvalue weighted by Gasteiger charge is -2.23. The molecule has 106 valence electrons. The minimum atomic E-state index is -3.34. The Morgan fingerprint density at radius 1 is 1.47 bits per heavy atom. The predicted molar refractivity (Wildman–Crippen MR) is 75.5 cm³/mol. The molecule has 3 N–H and O–H groups in total. The van der Waals surface area contributed by atoms with Gasteiger partial charge >= 0.3 is 0 Å². The summed E-state index contributed by atoms with van der Waals surface area (Å²) in [4.78, 5) is 3.89. The van der Waals surface area contributed by atoms with Gasteiger partial charge in [0.05, 0.1) is 11.6 Å². The molecule has 1 rings (SSSR count). The predicted octanol–water partition coefficient (Wildman–Crippen LogP) is 0.600. The number of nitrogens with zero attached hydrogens (tertiary/aromatic N) is 2. The largest absolute Gasteiger partial charge is 0.388 e. The van der Waals surface area contributed by atoms with Crippen molar-refractivity contribution in [2.45, 2.75) is 25.8 Å². The number of aryl methyl sites for hydroxylation is 1. The molecule has 0 aliphatic rings. The average Bonchev–Trinajstić information content (AvgIpc) is 2.36. The highest BCUT2D eigenvalue weighted by Gasteiger charge is 2.23. The van der Waals surface area contributed by atoms with E-state index in [0.717, 1.165) is 5.56 Å². The van der Waals surface area contributed by atoms with Gasteiger partial charge in [-0.2, -0.15) is 0 Å². The fraction of sp³-hybridized carbons (Fsp3) is 0.500. The van der Waals surface area contributed by atoms with Gasteiger partial charge in [0, 0.05) is 31.9 Å². The van der Waals surface area contributed by atoms with Crippen LogP contribution in [-0.2, 0) is 16.4 Å². The fourth-order valence-electron chi connectivity index (χ4n) is 1.66. The van der Waals surface area contributed by atoms with Gasteiger partial charge in [-0.1, -0.05) is 0 Å². The molecule has 0 saturated heterocycles. The lowest BCUT2D eigenvalue weighted by Crippen LogP contribution is -2.39. The van der Waals surface area contributed by atoms with Crippen molar-refractivity contribution in [1.82, 2.24) is 9.29 Å². The molecule has 0 spiro atoms. The minimum absolute atomic E-state index is 0.0105. The summed E-state index contributed by atoms with van der Waals surface area (Å²) >= 11 is 0. The summed E-state index contributed by atoms with van der Waals surface area (Å²) in [5.41, 5.74) is 6.23.